The van der Waals surface area contributed by atoms with Crippen LogP contribution in [-0.4, -0.2) is 30.9 Å². The number of hydrogen-bond donors (Lipinski definition) is 1. The Morgan fingerprint density at radius 1 is 1.57 bits per heavy atom. The molecule has 1 heterocycles. The molecule has 1 aliphatic heterocycles. The van der Waals surface area contributed by atoms with Crippen molar-refractivity contribution in [2.24, 2.45) is 0 Å². The van der Waals surface area contributed by atoms with E-state index < -0.39 is 11.7 Å². The Kier molecular flexibility index (Phi) is 3.52. The van der Waals surface area contributed by atoms with E-state index in [1.54, 1.807) is 0 Å². The second-order valence-electron chi connectivity index (χ2n) is 4.22. The van der Waals surface area contributed by atoms with Crippen molar-refractivity contribution in [2.45, 2.75) is 32.4 Å². The summed E-state index contributed by atoms with van der Waals surface area (Å²) in [6, 6.07) is -0.0707. The third-order valence-electron chi connectivity index (χ3n) is 1.58. The first-order chi connectivity index (χ1) is 6.47. The molecule has 1 rings (SSSR count). The Hall–Kier alpha value is -1.03. The fourth-order valence-electron chi connectivity index (χ4n) is 1.09. The predicted octanol–water partition coefficient (Wildman–Crippen LogP) is 1.47. The number of alkyl carbamates (subject to hydrolysis) is 1. The van der Waals surface area contributed by atoms with Gasteiger partial charge in [0.15, 0.2) is 0 Å². The molecule has 0 aromatic carbocycles. The molecule has 0 fully saturated rings. The average Bonchev–Trinajstić information content (AvgIpc) is 2.02. The smallest absolute Gasteiger partial charge is 0.408 e. The molecule has 0 bridgehead atoms. The average molecular weight is 199 g/mol. The van der Waals surface area contributed by atoms with E-state index in [0.29, 0.717) is 13.2 Å². The highest BCUT2D eigenvalue weighted by atomic mass is 16.6. The van der Waals surface area contributed by atoms with Crippen LogP contribution in [0.15, 0.2) is 12.2 Å². The number of carbonyl (C=O) groups is 1. The number of amides is 1. The first-order valence-corrected chi connectivity index (χ1v) is 4.71. The van der Waals surface area contributed by atoms with Crippen molar-refractivity contribution in [3.63, 3.8) is 0 Å². The SMILES string of the molecule is CC(C)(C)OC(=O)N[C@@H]1C=CCOC1. The summed E-state index contributed by atoms with van der Waals surface area (Å²) in [5.74, 6) is 0. The van der Waals surface area contributed by atoms with Gasteiger partial charge in [0.2, 0.25) is 0 Å². The molecule has 14 heavy (non-hydrogen) atoms. The zero-order valence-corrected chi connectivity index (χ0v) is 8.87. The van der Waals surface area contributed by atoms with Crippen LogP contribution in [0.1, 0.15) is 20.8 Å². The lowest BCUT2D eigenvalue weighted by Gasteiger charge is -2.23. The quantitative estimate of drug-likeness (QED) is 0.650. The standard InChI is InChI=1S/C10H17NO3/c1-10(2,3)14-9(12)11-8-5-4-6-13-7-8/h4-5,8H,6-7H2,1-3H3,(H,11,12)/t8-/m1/s1. The minimum absolute atomic E-state index is 0.0707. The zero-order chi connectivity index (χ0) is 10.6. The third kappa shape index (κ3) is 4.28. The van der Waals surface area contributed by atoms with Crippen molar-refractivity contribution in [1.29, 1.82) is 0 Å². The molecule has 1 atom stereocenters. The zero-order valence-electron chi connectivity index (χ0n) is 8.87. The highest BCUT2D eigenvalue weighted by molar-refractivity contribution is 5.68. The number of carbonyl (C=O) groups excluding carboxylic acids is 1. The van der Waals surface area contributed by atoms with Gasteiger partial charge < -0.3 is 14.8 Å². The Bertz CT molecular complexity index is 230. The van der Waals surface area contributed by atoms with Gasteiger partial charge in [0, 0.05) is 0 Å². The van der Waals surface area contributed by atoms with Gasteiger partial charge in [0.1, 0.15) is 5.60 Å². The van der Waals surface area contributed by atoms with Gasteiger partial charge in [0.05, 0.1) is 19.3 Å². The molecule has 0 aromatic heterocycles. The maximum atomic E-state index is 11.3. The van der Waals surface area contributed by atoms with Gasteiger partial charge in [-0.25, -0.2) is 4.79 Å². The number of nitrogens with one attached hydrogen (secondary N) is 1. The van der Waals surface area contributed by atoms with Gasteiger partial charge in [0.25, 0.3) is 0 Å². The third-order valence-corrected chi connectivity index (χ3v) is 1.58. The van der Waals surface area contributed by atoms with Crippen LogP contribution in [0.2, 0.25) is 0 Å². The molecule has 0 saturated carbocycles. The molecular formula is C10H17NO3. The van der Waals surface area contributed by atoms with Crippen LogP contribution >= 0.6 is 0 Å². The van der Waals surface area contributed by atoms with Crippen LogP contribution in [0.5, 0.6) is 0 Å². The van der Waals surface area contributed by atoms with E-state index in [9.17, 15) is 4.79 Å². The van der Waals surface area contributed by atoms with Gasteiger partial charge in [-0.3, -0.25) is 0 Å². The molecule has 80 valence electrons. The minimum Gasteiger partial charge on any atom is -0.444 e. The summed E-state index contributed by atoms with van der Waals surface area (Å²) in [4.78, 5) is 11.3. The maximum absolute atomic E-state index is 11.3. The van der Waals surface area contributed by atoms with Crippen molar-refractivity contribution in [1.82, 2.24) is 5.32 Å². The van der Waals surface area contributed by atoms with Crippen LogP contribution < -0.4 is 5.32 Å². The topological polar surface area (TPSA) is 47.6 Å². The lowest BCUT2D eigenvalue weighted by Crippen LogP contribution is -2.41. The fraction of sp³-hybridized carbons (Fsp3) is 0.700. The van der Waals surface area contributed by atoms with E-state index in [1.807, 2.05) is 32.9 Å². The van der Waals surface area contributed by atoms with Crippen molar-refractivity contribution < 1.29 is 14.3 Å². The van der Waals surface area contributed by atoms with E-state index in [1.165, 1.54) is 0 Å². The van der Waals surface area contributed by atoms with Crippen LogP contribution in [0.25, 0.3) is 0 Å². The molecule has 0 aliphatic carbocycles. The first-order valence-electron chi connectivity index (χ1n) is 4.71. The summed E-state index contributed by atoms with van der Waals surface area (Å²) in [7, 11) is 0. The number of ether oxygens (including phenoxy) is 2. The Morgan fingerprint density at radius 3 is 2.79 bits per heavy atom. The second kappa shape index (κ2) is 4.46. The molecule has 1 amide bonds. The summed E-state index contributed by atoms with van der Waals surface area (Å²) < 4.78 is 10.3. The van der Waals surface area contributed by atoms with Gasteiger partial charge in [-0.1, -0.05) is 12.2 Å². The summed E-state index contributed by atoms with van der Waals surface area (Å²) in [6.45, 7) is 6.63. The highest BCUT2D eigenvalue weighted by Gasteiger charge is 2.18. The highest BCUT2D eigenvalue weighted by Crippen LogP contribution is 2.07. The number of hydrogen-bond acceptors (Lipinski definition) is 3. The fourth-order valence-corrected chi connectivity index (χ4v) is 1.09. The van der Waals surface area contributed by atoms with Crippen LogP contribution in [0.4, 0.5) is 4.79 Å². The molecule has 0 saturated heterocycles. The lowest BCUT2D eigenvalue weighted by molar-refractivity contribution is 0.0470. The molecule has 4 nitrogen and oxygen atoms in total. The van der Waals surface area contributed by atoms with Crippen LogP contribution in [0, 0.1) is 0 Å². The molecule has 0 radical (unpaired) electrons. The van der Waals surface area contributed by atoms with Crippen molar-refractivity contribution >= 4 is 6.09 Å². The van der Waals surface area contributed by atoms with E-state index in [-0.39, 0.29) is 6.04 Å². The van der Waals surface area contributed by atoms with E-state index in [0.717, 1.165) is 0 Å². The van der Waals surface area contributed by atoms with Gasteiger partial charge in [-0.05, 0) is 20.8 Å². The molecule has 4 heteroatoms. The Balaban J connectivity index is 2.33. The first kappa shape index (κ1) is 11.0. The van der Waals surface area contributed by atoms with E-state index in [4.69, 9.17) is 9.47 Å². The molecule has 1 N–H and O–H groups in total. The molecule has 0 unspecified atom stereocenters. The van der Waals surface area contributed by atoms with E-state index in [2.05, 4.69) is 5.32 Å². The monoisotopic (exact) mass is 199 g/mol. The molecule has 0 spiro atoms. The minimum atomic E-state index is -0.455. The van der Waals surface area contributed by atoms with Crippen LogP contribution in [0.3, 0.4) is 0 Å². The summed E-state index contributed by atoms with van der Waals surface area (Å²) in [5.41, 5.74) is -0.455. The van der Waals surface area contributed by atoms with Crippen molar-refractivity contribution in [3.05, 3.63) is 12.2 Å². The van der Waals surface area contributed by atoms with Crippen molar-refractivity contribution in [3.8, 4) is 0 Å². The van der Waals surface area contributed by atoms with Gasteiger partial charge in [-0.15, -0.1) is 0 Å². The van der Waals surface area contributed by atoms with Crippen LogP contribution in [-0.2, 0) is 9.47 Å². The Morgan fingerprint density at radius 2 is 2.29 bits per heavy atom. The molecule has 1 aliphatic rings. The van der Waals surface area contributed by atoms with Crippen molar-refractivity contribution in [2.75, 3.05) is 13.2 Å². The second-order valence-corrected chi connectivity index (χ2v) is 4.22. The summed E-state index contributed by atoms with van der Waals surface area (Å²) in [5, 5.41) is 2.70. The predicted molar refractivity (Wildman–Crippen MR) is 53.1 cm³/mol. The Labute approximate surface area is 84.3 Å². The van der Waals surface area contributed by atoms with E-state index >= 15 is 0 Å². The van der Waals surface area contributed by atoms with Gasteiger partial charge in [-0.2, -0.15) is 0 Å². The molecular weight excluding hydrogens is 182 g/mol. The van der Waals surface area contributed by atoms with Gasteiger partial charge >= 0.3 is 6.09 Å². The number of rotatable bonds is 1. The normalized spacial score (nSPS) is 21.8. The maximum Gasteiger partial charge on any atom is 0.408 e. The summed E-state index contributed by atoms with van der Waals surface area (Å²) >= 11 is 0. The lowest BCUT2D eigenvalue weighted by atomic mass is 10.2. The summed E-state index contributed by atoms with van der Waals surface area (Å²) in [6.07, 6.45) is 3.39. The molecule has 0 aromatic rings. The largest absolute Gasteiger partial charge is 0.444 e.